The van der Waals surface area contributed by atoms with Crippen molar-refractivity contribution < 1.29 is 23.4 Å². The van der Waals surface area contributed by atoms with Gasteiger partial charge in [0.15, 0.2) is 17.5 Å². The standard InChI is InChI=1S/C24H25F2N7O3/c25-18-20(33-9-2-1-3-10-33)19(26)23(36-17-11-13(21(27)28)7-8-16(17)34)32-22(18)35-15-6-4-5-14(12-15)31-24(29)30/h4-8,11-12,34H,1-3,9-10H2,(H3,27,28)(H4,29,30,31). The van der Waals surface area contributed by atoms with Gasteiger partial charge in [-0.1, -0.05) is 6.07 Å². The van der Waals surface area contributed by atoms with Crippen LogP contribution in [-0.4, -0.2) is 35.0 Å². The number of phenols is 1. The minimum absolute atomic E-state index is 0.149. The van der Waals surface area contributed by atoms with E-state index in [0.717, 1.165) is 19.3 Å². The average Bonchev–Trinajstić information content (AvgIpc) is 2.84. The number of phenolic OH excluding ortho intramolecular Hbond substituents is 1. The van der Waals surface area contributed by atoms with Crippen LogP contribution in [0.25, 0.3) is 0 Å². The lowest BCUT2D eigenvalue weighted by atomic mass is 10.1. The number of nitrogens with two attached hydrogens (primary N) is 2. The fourth-order valence-electron chi connectivity index (χ4n) is 3.79. The van der Waals surface area contributed by atoms with E-state index in [2.05, 4.69) is 10.3 Å². The number of aromatic nitrogens is 1. The summed E-state index contributed by atoms with van der Waals surface area (Å²) in [6.45, 7) is 0.861. The number of amidine groups is 1. The summed E-state index contributed by atoms with van der Waals surface area (Å²) in [6.07, 6.45) is 2.46. The molecular weight excluding hydrogens is 472 g/mol. The molecule has 1 aliphatic rings. The summed E-state index contributed by atoms with van der Waals surface area (Å²) in [4.78, 5) is 5.48. The van der Waals surface area contributed by atoms with E-state index in [1.807, 2.05) is 0 Å². The van der Waals surface area contributed by atoms with Gasteiger partial charge in [0.25, 0.3) is 11.8 Å². The highest BCUT2D eigenvalue weighted by Crippen LogP contribution is 2.40. The molecule has 2 heterocycles. The summed E-state index contributed by atoms with van der Waals surface area (Å²) in [7, 11) is 0. The Balaban J connectivity index is 1.78. The monoisotopic (exact) mass is 497 g/mol. The van der Waals surface area contributed by atoms with E-state index in [4.69, 9.17) is 31.8 Å². The Kier molecular flexibility index (Phi) is 7.04. The molecule has 36 heavy (non-hydrogen) atoms. The molecule has 0 aliphatic carbocycles. The third kappa shape index (κ3) is 5.37. The van der Waals surface area contributed by atoms with Crippen molar-refractivity contribution in [3.05, 3.63) is 59.7 Å². The van der Waals surface area contributed by atoms with Crippen molar-refractivity contribution in [1.29, 1.82) is 10.8 Å². The molecular formula is C24H25F2N7O3. The van der Waals surface area contributed by atoms with E-state index in [9.17, 15) is 5.11 Å². The van der Waals surface area contributed by atoms with Crippen molar-refractivity contribution in [1.82, 2.24) is 4.98 Å². The lowest BCUT2D eigenvalue weighted by Gasteiger charge is -2.30. The van der Waals surface area contributed by atoms with Crippen molar-refractivity contribution in [3.63, 3.8) is 0 Å². The molecule has 1 saturated heterocycles. The molecule has 8 N–H and O–H groups in total. The number of benzene rings is 2. The number of rotatable bonds is 7. The first-order chi connectivity index (χ1) is 17.2. The van der Waals surface area contributed by atoms with Gasteiger partial charge in [0.2, 0.25) is 11.6 Å². The third-order valence-corrected chi connectivity index (χ3v) is 5.47. The molecule has 0 spiro atoms. The number of pyridine rings is 1. The van der Waals surface area contributed by atoms with Crippen molar-refractivity contribution in [2.75, 3.05) is 23.3 Å². The Labute approximate surface area is 205 Å². The maximum absolute atomic E-state index is 15.6. The van der Waals surface area contributed by atoms with E-state index in [-0.39, 0.29) is 40.3 Å². The fraction of sp³-hybridized carbons (Fsp3) is 0.208. The number of hydrogen-bond acceptors (Lipinski definition) is 7. The number of anilines is 2. The SMILES string of the molecule is N=C(N)Nc1cccc(Oc2nc(Oc3cc(C(=N)N)ccc3O)c(F)c(N3CCCCC3)c2F)c1. The van der Waals surface area contributed by atoms with Gasteiger partial charge in [-0.3, -0.25) is 10.8 Å². The number of nitrogens with one attached hydrogen (secondary N) is 3. The molecule has 2 aromatic carbocycles. The molecule has 0 saturated carbocycles. The number of nitrogens with zero attached hydrogens (tertiary/aromatic N) is 2. The molecule has 10 nitrogen and oxygen atoms in total. The number of hydrogen-bond donors (Lipinski definition) is 6. The molecule has 4 rings (SSSR count). The van der Waals surface area contributed by atoms with Gasteiger partial charge < -0.3 is 36.3 Å². The molecule has 1 aliphatic heterocycles. The number of guanidine groups is 1. The summed E-state index contributed by atoms with van der Waals surface area (Å²) in [6, 6.07) is 10.1. The minimum atomic E-state index is -1.05. The van der Waals surface area contributed by atoms with Crippen LogP contribution in [0, 0.1) is 22.5 Å². The van der Waals surface area contributed by atoms with Crippen LogP contribution in [0.5, 0.6) is 29.0 Å². The van der Waals surface area contributed by atoms with Crippen molar-refractivity contribution in [3.8, 4) is 29.0 Å². The van der Waals surface area contributed by atoms with Crippen LogP contribution in [0.4, 0.5) is 20.2 Å². The van der Waals surface area contributed by atoms with E-state index >= 15 is 8.78 Å². The van der Waals surface area contributed by atoms with E-state index in [1.54, 1.807) is 17.0 Å². The second kappa shape index (κ2) is 10.3. The molecule has 0 radical (unpaired) electrons. The van der Waals surface area contributed by atoms with Crippen molar-refractivity contribution in [2.45, 2.75) is 19.3 Å². The third-order valence-electron chi connectivity index (χ3n) is 5.47. The first-order valence-electron chi connectivity index (χ1n) is 11.1. The summed E-state index contributed by atoms with van der Waals surface area (Å²) in [5.41, 5.74) is 11.2. The van der Waals surface area contributed by atoms with Crippen LogP contribution >= 0.6 is 0 Å². The predicted octanol–water partition coefficient (Wildman–Crippen LogP) is 4.23. The van der Waals surface area contributed by atoms with Gasteiger partial charge in [0.1, 0.15) is 17.3 Å². The average molecular weight is 498 g/mol. The highest BCUT2D eigenvalue weighted by molar-refractivity contribution is 5.95. The highest BCUT2D eigenvalue weighted by Gasteiger charge is 2.29. The van der Waals surface area contributed by atoms with Crippen molar-refractivity contribution >= 4 is 23.2 Å². The van der Waals surface area contributed by atoms with Gasteiger partial charge >= 0.3 is 0 Å². The largest absolute Gasteiger partial charge is 0.504 e. The quantitative estimate of drug-likeness (QED) is 0.208. The molecule has 188 valence electrons. The fourth-order valence-corrected chi connectivity index (χ4v) is 3.79. The van der Waals surface area contributed by atoms with Gasteiger partial charge in [0.05, 0.1) is 0 Å². The Morgan fingerprint density at radius 2 is 1.67 bits per heavy atom. The van der Waals surface area contributed by atoms with Crippen LogP contribution in [0.1, 0.15) is 24.8 Å². The molecule has 12 heteroatoms. The molecule has 0 unspecified atom stereocenters. The molecule has 3 aromatic rings. The zero-order valence-electron chi connectivity index (χ0n) is 19.1. The Morgan fingerprint density at radius 1 is 0.972 bits per heavy atom. The van der Waals surface area contributed by atoms with Gasteiger partial charge in [-0.2, -0.15) is 13.8 Å². The number of nitrogen functional groups attached to an aromatic ring is 1. The van der Waals surface area contributed by atoms with Crippen LogP contribution in [0.15, 0.2) is 42.5 Å². The molecule has 0 bridgehead atoms. The molecule has 0 atom stereocenters. The second-order valence-electron chi connectivity index (χ2n) is 8.11. The van der Waals surface area contributed by atoms with Crippen LogP contribution in [0.3, 0.4) is 0 Å². The zero-order chi connectivity index (χ0) is 25.8. The predicted molar refractivity (Wildman–Crippen MR) is 131 cm³/mol. The summed E-state index contributed by atoms with van der Waals surface area (Å²) >= 11 is 0. The maximum atomic E-state index is 15.6. The highest BCUT2D eigenvalue weighted by atomic mass is 19.1. The first-order valence-corrected chi connectivity index (χ1v) is 11.1. The minimum Gasteiger partial charge on any atom is -0.504 e. The summed E-state index contributed by atoms with van der Waals surface area (Å²) in [5.74, 6) is -4.24. The Hall–Kier alpha value is -4.61. The summed E-state index contributed by atoms with van der Waals surface area (Å²) in [5, 5.41) is 27.8. The van der Waals surface area contributed by atoms with E-state index in [0.29, 0.717) is 18.8 Å². The van der Waals surface area contributed by atoms with Gasteiger partial charge in [-0.15, -0.1) is 0 Å². The lowest BCUT2D eigenvalue weighted by molar-refractivity contribution is 0.360. The number of halogens is 2. The number of piperidine rings is 1. The Morgan fingerprint density at radius 3 is 2.33 bits per heavy atom. The Bertz CT molecular complexity index is 1310. The maximum Gasteiger partial charge on any atom is 0.261 e. The van der Waals surface area contributed by atoms with Crippen molar-refractivity contribution in [2.24, 2.45) is 11.5 Å². The smallest absolute Gasteiger partial charge is 0.261 e. The first kappa shape index (κ1) is 24.5. The van der Waals surface area contributed by atoms with Gasteiger partial charge in [-0.05, 0) is 49.6 Å². The molecule has 1 fully saturated rings. The van der Waals surface area contributed by atoms with Crippen LogP contribution in [0.2, 0.25) is 0 Å². The second-order valence-corrected chi connectivity index (χ2v) is 8.11. The van der Waals surface area contributed by atoms with E-state index < -0.39 is 23.4 Å². The lowest BCUT2D eigenvalue weighted by Crippen LogP contribution is -2.31. The zero-order valence-corrected chi connectivity index (χ0v) is 19.1. The van der Waals surface area contributed by atoms with E-state index in [1.165, 1.54) is 30.3 Å². The topological polar surface area (TPSA) is 167 Å². The van der Waals surface area contributed by atoms with Crippen LogP contribution in [-0.2, 0) is 0 Å². The van der Waals surface area contributed by atoms with Crippen LogP contribution < -0.4 is 31.2 Å². The van der Waals surface area contributed by atoms with Gasteiger partial charge in [0, 0.05) is 30.4 Å². The molecule has 1 aromatic heterocycles. The molecule has 0 amide bonds. The normalized spacial score (nSPS) is 13.2. The summed E-state index contributed by atoms with van der Waals surface area (Å²) < 4.78 is 42.4. The number of aromatic hydroxyl groups is 1. The number of ether oxygens (including phenoxy) is 2. The van der Waals surface area contributed by atoms with Gasteiger partial charge in [-0.25, -0.2) is 0 Å².